The van der Waals surface area contributed by atoms with Gasteiger partial charge in [-0.15, -0.1) is 13.2 Å². The number of rotatable bonds is 4. The van der Waals surface area contributed by atoms with Crippen LogP contribution in [0.3, 0.4) is 0 Å². The van der Waals surface area contributed by atoms with E-state index in [1.165, 1.54) is 0 Å². The monoisotopic (exact) mass is 226 g/mol. The normalized spacial score (nSPS) is 20.8. The molecule has 90 valence electrons. The highest BCUT2D eigenvalue weighted by Crippen LogP contribution is 2.16. The molecule has 0 bridgehead atoms. The Balaban J connectivity index is 2.09. The first kappa shape index (κ1) is 12.7. The summed E-state index contributed by atoms with van der Waals surface area (Å²) in [5.74, 6) is 0. The van der Waals surface area contributed by atoms with E-state index in [9.17, 15) is 13.2 Å². The van der Waals surface area contributed by atoms with Crippen LogP contribution in [0.5, 0.6) is 0 Å². The largest absolute Gasteiger partial charge is 0.522 e. The number of likely N-dealkylation sites (tertiary alicyclic amines) is 1. The van der Waals surface area contributed by atoms with Crippen LogP contribution in [0.4, 0.5) is 13.2 Å². The maximum atomic E-state index is 11.7. The fourth-order valence-electron chi connectivity index (χ4n) is 1.74. The van der Waals surface area contributed by atoms with Crippen LogP contribution in [0.25, 0.3) is 0 Å². The molecule has 1 N–H and O–H groups in total. The van der Waals surface area contributed by atoms with Crippen LogP contribution in [0.1, 0.15) is 12.8 Å². The van der Waals surface area contributed by atoms with Crippen molar-refractivity contribution in [1.82, 2.24) is 10.2 Å². The summed E-state index contributed by atoms with van der Waals surface area (Å²) in [5, 5.41) is 3.17. The molecule has 1 fully saturated rings. The van der Waals surface area contributed by atoms with Gasteiger partial charge in [-0.1, -0.05) is 0 Å². The van der Waals surface area contributed by atoms with E-state index < -0.39 is 6.36 Å². The summed E-state index contributed by atoms with van der Waals surface area (Å²) in [6.07, 6.45) is -2.52. The molecule has 0 aromatic heterocycles. The minimum Gasteiger partial charge on any atom is -0.317 e. The standard InChI is InChI=1S/C9H17F3N2O/c1-13-8-2-4-14(5-3-8)6-7-15-9(10,11)12/h8,13H,2-7H2,1H3. The molecule has 1 rings (SSSR count). The Morgan fingerprint density at radius 3 is 2.40 bits per heavy atom. The van der Waals surface area contributed by atoms with Crippen molar-refractivity contribution in [1.29, 1.82) is 0 Å². The second kappa shape index (κ2) is 5.67. The quantitative estimate of drug-likeness (QED) is 0.779. The number of halogens is 3. The van der Waals surface area contributed by atoms with Crippen LogP contribution in [-0.4, -0.2) is 50.6 Å². The van der Waals surface area contributed by atoms with Gasteiger partial charge in [0.1, 0.15) is 0 Å². The van der Waals surface area contributed by atoms with Crippen LogP contribution in [-0.2, 0) is 4.74 Å². The lowest BCUT2D eigenvalue weighted by Crippen LogP contribution is -2.42. The Bertz CT molecular complexity index is 179. The molecule has 0 atom stereocenters. The second-order valence-corrected chi connectivity index (χ2v) is 3.70. The third-order valence-corrected chi connectivity index (χ3v) is 2.67. The Morgan fingerprint density at radius 1 is 1.33 bits per heavy atom. The van der Waals surface area contributed by atoms with Crippen molar-refractivity contribution in [2.24, 2.45) is 0 Å². The van der Waals surface area contributed by atoms with Crippen LogP contribution < -0.4 is 5.32 Å². The zero-order valence-electron chi connectivity index (χ0n) is 8.81. The lowest BCUT2D eigenvalue weighted by molar-refractivity contribution is -0.325. The van der Waals surface area contributed by atoms with Gasteiger partial charge in [0, 0.05) is 12.6 Å². The van der Waals surface area contributed by atoms with E-state index >= 15 is 0 Å². The summed E-state index contributed by atoms with van der Waals surface area (Å²) in [5.41, 5.74) is 0. The third kappa shape index (κ3) is 5.34. The minimum atomic E-state index is -4.50. The maximum Gasteiger partial charge on any atom is 0.522 e. The summed E-state index contributed by atoms with van der Waals surface area (Å²) in [7, 11) is 1.91. The zero-order chi connectivity index (χ0) is 11.3. The molecule has 1 heterocycles. The average Bonchev–Trinajstić information content (AvgIpc) is 2.17. The van der Waals surface area contributed by atoms with E-state index in [-0.39, 0.29) is 6.61 Å². The zero-order valence-corrected chi connectivity index (χ0v) is 8.81. The molecule has 0 spiro atoms. The first-order valence-corrected chi connectivity index (χ1v) is 5.11. The fraction of sp³-hybridized carbons (Fsp3) is 1.00. The number of hydrogen-bond acceptors (Lipinski definition) is 3. The minimum absolute atomic E-state index is 0.270. The Labute approximate surface area is 87.6 Å². The van der Waals surface area contributed by atoms with Gasteiger partial charge in [0.15, 0.2) is 0 Å². The summed E-state index contributed by atoms with van der Waals surface area (Å²) >= 11 is 0. The number of alkyl halides is 3. The molecule has 1 aliphatic heterocycles. The smallest absolute Gasteiger partial charge is 0.317 e. The predicted molar refractivity (Wildman–Crippen MR) is 50.5 cm³/mol. The molecule has 0 aliphatic carbocycles. The Morgan fingerprint density at radius 2 is 1.93 bits per heavy atom. The van der Waals surface area contributed by atoms with E-state index in [2.05, 4.69) is 10.1 Å². The van der Waals surface area contributed by atoms with Crippen molar-refractivity contribution in [2.75, 3.05) is 33.3 Å². The van der Waals surface area contributed by atoms with Gasteiger partial charge < -0.3 is 10.2 Å². The van der Waals surface area contributed by atoms with Crippen LogP contribution >= 0.6 is 0 Å². The van der Waals surface area contributed by atoms with Crippen molar-refractivity contribution in [3.63, 3.8) is 0 Å². The lowest BCUT2D eigenvalue weighted by atomic mass is 10.1. The average molecular weight is 226 g/mol. The number of hydrogen-bond donors (Lipinski definition) is 1. The van der Waals surface area contributed by atoms with E-state index in [0.717, 1.165) is 25.9 Å². The highest BCUT2D eigenvalue weighted by molar-refractivity contribution is 4.75. The first-order chi connectivity index (χ1) is 7.01. The number of nitrogens with one attached hydrogen (secondary N) is 1. The topological polar surface area (TPSA) is 24.5 Å². The van der Waals surface area contributed by atoms with Crippen molar-refractivity contribution in [2.45, 2.75) is 25.2 Å². The lowest BCUT2D eigenvalue weighted by Gasteiger charge is -2.31. The summed E-state index contributed by atoms with van der Waals surface area (Å²) in [6.45, 7) is 1.77. The fourth-order valence-corrected chi connectivity index (χ4v) is 1.74. The first-order valence-electron chi connectivity index (χ1n) is 5.11. The van der Waals surface area contributed by atoms with Crippen LogP contribution in [0.2, 0.25) is 0 Å². The van der Waals surface area contributed by atoms with Gasteiger partial charge in [0.2, 0.25) is 0 Å². The molecule has 0 amide bonds. The predicted octanol–water partition coefficient (Wildman–Crippen LogP) is 1.21. The maximum absolute atomic E-state index is 11.7. The van der Waals surface area contributed by atoms with Gasteiger partial charge in [-0.25, -0.2) is 0 Å². The van der Waals surface area contributed by atoms with Crippen molar-refractivity contribution >= 4 is 0 Å². The molecule has 15 heavy (non-hydrogen) atoms. The number of nitrogens with zero attached hydrogens (tertiary/aromatic N) is 1. The molecule has 1 saturated heterocycles. The number of piperidine rings is 1. The van der Waals surface area contributed by atoms with E-state index in [4.69, 9.17) is 0 Å². The molecular formula is C9H17F3N2O. The Kier molecular flexibility index (Phi) is 4.82. The van der Waals surface area contributed by atoms with Crippen LogP contribution in [0.15, 0.2) is 0 Å². The van der Waals surface area contributed by atoms with E-state index in [0.29, 0.717) is 12.6 Å². The molecule has 1 aliphatic rings. The molecule has 0 unspecified atom stereocenters. The van der Waals surface area contributed by atoms with Crippen LogP contribution in [0, 0.1) is 0 Å². The van der Waals surface area contributed by atoms with Gasteiger partial charge >= 0.3 is 6.36 Å². The number of ether oxygens (including phenoxy) is 1. The molecule has 0 saturated carbocycles. The SMILES string of the molecule is CNC1CCN(CCOC(F)(F)F)CC1. The molecule has 0 aromatic rings. The Hall–Kier alpha value is -0.330. The highest BCUT2D eigenvalue weighted by Gasteiger charge is 2.29. The van der Waals surface area contributed by atoms with Gasteiger partial charge in [0.25, 0.3) is 0 Å². The van der Waals surface area contributed by atoms with Crippen molar-refractivity contribution in [3.05, 3.63) is 0 Å². The molecule has 0 aromatic carbocycles. The molecule has 0 radical (unpaired) electrons. The second-order valence-electron chi connectivity index (χ2n) is 3.70. The molecule has 3 nitrogen and oxygen atoms in total. The molecular weight excluding hydrogens is 209 g/mol. The van der Waals surface area contributed by atoms with E-state index in [1.54, 1.807) is 0 Å². The van der Waals surface area contributed by atoms with Gasteiger partial charge in [-0.05, 0) is 33.0 Å². The summed E-state index contributed by atoms with van der Waals surface area (Å²) in [4.78, 5) is 2.00. The summed E-state index contributed by atoms with van der Waals surface area (Å²) in [6, 6.07) is 0.504. The van der Waals surface area contributed by atoms with Crippen molar-refractivity contribution in [3.8, 4) is 0 Å². The van der Waals surface area contributed by atoms with Crippen molar-refractivity contribution < 1.29 is 17.9 Å². The molecule has 6 heteroatoms. The van der Waals surface area contributed by atoms with Gasteiger partial charge in [-0.3, -0.25) is 4.74 Å². The highest BCUT2D eigenvalue weighted by atomic mass is 19.4. The van der Waals surface area contributed by atoms with Gasteiger partial charge in [-0.2, -0.15) is 0 Å². The van der Waals surface area contributed by atoms with Gasteiger partial charge in [0.05, 0.1) is 6.61 Å². The summed E-state index contributed by atoms with van der Waals surface area (Å²) < 4.78 is 38.8. The van der Waals surface area contributed by atoms with E-state index in [1.807, 2.05) is 11.9 Å². The third-order valence-electron chi connectivity index (χ3n) is 2.67.